The zero-order valence-electron chi connectivity index (χ0n) is 15.2. The summed E-state index contributed by atoms with van der Waals surface area (Å²) in [5.74, 6) is 0.621. The van der Waals surface area contributed by atoms with Crippen molar-refractivity contribution < 1.29 is 19.0 Å². The van der Waals surface area contributed by atoms with Gasteiger partial charge in [-0.25, -0.2) is 5.43 Å². The van der Waals surface area contributed by atoms with E-state index in [-0.39, 0.29) is 11.7 Å². The third kappa shape index (κ3) is 4.79. The number of carbonyl (C=O) groups is 1. The van der Waals surface area contributed by atoms with Crippen LogP contribution in [0.4, 0.5) is 0 Å². The minimum Gasteiger partial charge on any atom is -0.481 e. The lowest BCUT2D eigenvalue weighted by atomic mass is 10.2. The average molecular weight is 379 g/mol. The van der Waals surface area contributed by atoms with Crippen LogP contribution in [0, 0.1) is 0 Å². The van der Waals surface area contributed by atoms with E-state index in [1.54, 1.807) is 36.4 Å². The first-order valence-corrected chi connectivity index (χ1v) is 8.18. The fourth-order valence-electron chi connectivity index (χ4n) is 2.13. The maximum atomic E-state index is 12.0. The molecule has 1 N–H and O–H groups in total. The van der Waals surface area contributed by atoms with Gasteiger partial charge in [0.25, 0.3) is 5.91 Å². The number of hydrogen-bond donors (Lipinski definition) is 1. The second-order valence-corrected chi connectivity index (χ2v) is 5.29. The summed E-state index contributed by atoms with van der Waals surface area (Å²) in [6, 6.07) is 13.7. The molecule has 0 bridgehead atoms. The molecule has 9 nitrogen and oxygen atoms in total. The van der Waals surface area contributed by atoms with Crippen molar-refractivity contribution in [3.63, 3.8) is 0 Å². The third-order valence-corrected chi connectivity index (χ3v) is 3.46. The molecule has 0 saturated carbocycles. The Bertz CT molecular complexity index is 957. The van der Waals surface area contributed by atoms with E-state index >= 15 is 0 Å². The lowest BCUT2D eigenvalue weighted by molar-refractivity contribution is 0.0950. The second kappa shape index (κ2) is 9.08. The minimum atomic E-state index is -0.420. The van der Waals surface area contributed by atoms with E-state index in [0.717, 1.165) is 0 Å². The number of pyridine rings is 1. The van der Waals surface area contributed by atoms with Crippen LogP contribution in [0.3, 0.4) is 0 Å². The first-order chi connectivity index (χ1) is 13.7. The molecule has 1 amide bonds. The molecule has 0 unspecified atom stereocenters. The number of hydrazone groups is 1. The maximum Gasteiger partial charge on any atom is 0.328 e. The van der Waals surface area contributed by atoms with Crippen molar-refractivity contribution in [1.82, 2.24) is 20.4 Å². The molecule has 2 aromatic heterocycles. The largest absolute Gasteiger partial charge is 0.481 e. The highest BCUT2D eigenvalue weighted by molar-refractivity contribution is 5.93. The van der Waals surface area contributed by atoms with Gasteiger partial charge in [0, 0.05) is 11.8 Å². The molecule has 142 valence electrons. The molecule has 1 aromatic carbocycles. The van der Waals surface area contributed by atoms with Gasteiger partial charge in [0.05, 0.1) is 26.5 Å². The number of carbonyl (C=O) groups excluding carboxylic acids is 1. The van der Waals surface area contributed by atoms with Gasteiger partial charge in [-0.15, -0.1) is 0 Å². The number of nitrogens with one attached hydrogen (secondary N) is 1. The molecule has 0 aliphatic carbocycles. The second-order valence-electron chi connectivity index (χ2n) is 5.29. The predicted octanol–water partition coefficient (Wildman–Crippen LogP) is 2.45. The van der Waals surface area contributed by atoms with Gasteiger partial charge in [-0.3, -0.25) is 9.78 Å². The molecule has 2 heterocycles. The molecule has 3 aromatic rings. The Morgan fingerprint density at radius 3 is 2.43 bits per heavy atom. The standard InChI is InChI=1S/C19H17N5O4/c1-26-16-11-17(27-2)23-19(22-16)28-15-9-4-3-7-13(15)12-21-24-18(25)14-8-5-6-10-20-14/h3-12H,1-2H3,(H,24,25). The molecule has 0 spiro atoms. The van der Waals surface area contributed by atoms with Crippen molar-refractivity contribution in [1.29, 1.82) is 0 Å². The first-order valence-electron chi connectivity index (χ1n) is 8.18. The Kier molecular flexibility index (Phi) is 6.09. The van der Waals surface area contributed by atoms with Crippen LogP contribution in [-0.2, 0) is 0 Å². The lowest BCUT2D eigenvalue weighted by Gasteiger charge is -2.09. The summed E-state index contributed by atoms with van der Waals surface area (Å²) in [7, 11) is 2.97. The zero-order chi connectivity index (χ0) is 19.8. The van der Waals surface area contributed by atoms with Crippen LogP contribution in [0.2, 0.25) is 0 Å². The topological polar surface area (TPSA) is 108 Å². The molecule has 0 saturated heterocycles. The fraction of sp³-hybridized carbons (Fsp3) is 0.105. The van der Waals surface area contributed by atoms with Gasteiger partial charge in [0.15, 0.2) is 0 Å². The summed E-state index contributed by atoms with van der Waals surface area (Å²) in [5, 5.41) is 3.95. The Labute approximate surface area is 161 Å². The Balaban J connectivity index is 1.75. The van der Waals surface area contributed by atoms with Crippen molar-refractivity contribution in [3.05, 3.63) is 66.0 Å². The average Bonchev–Trinajstić information content (AvgIpc) is 2.75. The van der Waals surface area contributed by atoms with E-state index in [1.165, 1.54) is 32.7 Å². The predicted molar refractivity (Wildman–Crippen MR) is 101 cm³/mol. The number of nitrogens with zero attached hydrogens (tertiary/aromatic N) is 4. The van der Waals surface area contributed by atoms with Crippen LogP contribution >= 0.6 is 0 Å². The zero-order valence-corrected chi connectivity index (χ0v) is 15.2. The van der Waals surface area contributed by atoms with E-state index in [2.05, 4.69) is 25.5 Å². The molecular formula is C19H17N5O4. The highest BCUT2D eigenvalue weighted by atomic mass is 16.5. The van der Waals surface area contributed by atoms with Gasteiger partial charge < -0.3 is 14.2 Å². The van der Waals surface area contributed by atoms with Crippen molar-refractivity contribution >= 4 is 12.1 Å². The van der Waals surface area contributed by atoms with Crippen LogP contribution in [0.15, 0.2) is 59.8 Å². The number of ether oxygens (including phenoxy) is 3. The van der Waals surface area contributed by atoms with Gasteiger partial charge in [-0.05, 0) is 24.3 Å². The van der Waals surface area contributed by atoms with Crippen molar-refractivity contribution in [3.8, 4) is 23.5 Å². The molecule has 0 aliphatic rings. The highest BCUT2D eigenvalue weighted by Gasteiger charge is 2.10. The van der Waals surface area contributed by atoms with E-state index in [0.29, 0.717) is 23.1 Å². The van der Waals surface area contributed by atoms with Crippen molar-refractivity contribution in [2.45, 2.75) is 0 Å². The van der Waals surface area contributed by atoms with Gasteiger partial charge >= 0.3 is 6.01 Å². The molecule has 28 heavy (non-hydrogen) atoms. The fourth-order valence-corrected chi connectivity index (χ4v) is 2.13. The summed E-state index contributed by atoms with van der Waals surface area (Å²) in [6.07, 6.45) is 2.98. The van der Waals surface area contributed by atoms with Gasteiger partial charge in [-0.2, -0.15) is 15.1 Å². The van der Waals surface area contributed by atoms with Gasteiger partial charge in [0.1, 0.15) is 11.4 Å². The number of amides is 1. The van der Waals surface area contributed by atoms with E-state index < -0.39 is 5.91 Å². The number of para-hydroxylation sites is 1. The lowest BCUT2D eigenvalue weighted by Crippen LogP contribution is -2.18. The highest BCUT2D eigenvalue weighted by Crippen LogP contribution is 2.25. The third-order valence-electron chi connectivity index (χ3n) is 3.46. The Morgan fingerprint density at radius 1 is 1.04 bits per heavy atom. The van der Waals surface area contributed by atoms with Crippen molar-refractivity contribution in [2.24, 2.45) is 5.10 Å². The van der Waals surface area contributed by atoms with Crippen LogP contribution in [0.5, 0.6) is 23.5 Å². The van der Waals surface area contributed by atoms with Crippen molar-refractivity contribution in [2.75, 3.05) is 14.2 Å². The molecule has 0 atom stereocenters. The molecule has 0 aliphatic heterocycles. The smallest absolute Gasteiger partial charge is 0.328 e. The summed E-state index contributed by atoms with van der Waals surface area (Å²) < 4.78 is 16.0. The quantitative estimate of drug-likeness (QED) is 0.496. The molecule has 0 radical (unpaired) electrons. The number of benzene rings is 1. The molecule has 9 heteroatoms. The first kappa shape index (κ1) is 18.8. The summed E-state index contributed by atoms with van der Waals surface area (Å²) in [5.41, 5.74) is 3.29. The summed E-state index contributed by atoms with van der Waals surface area (Å²) >= 11 is 0. The Morgan fingerprint density at radius 2 is 1.75 bits per heavy atom. The SMILES string of the molecule is COc1cc(OC)nc(Oc2ccccc2C=NNC(=O)c2ccccn2)n1. The summed E-state index contributed by atoms with van der Waals surface area (Å²) in [6.45, 7) is 0. The van der Waals surface area contributed by atoms with Gasteiger partial charge in [0.2, 0.25) is 11.8 Å². The molecule has 0 fully saturated rings. The van der Waals surface area contributed by atoms with Crippen LogP contribution in [0.25, 0.3) is 0 Å². The monoisotopic (exact) mass is 379 g/mol. The summed E-state index contributed by atoms with van der Waals surface area (Å²) in [4.78, 5) is 24.2. The Hall–Kier alpha value is -4.01. The normalized spacial score (nSPS) is 10.5. The van der Waals surface area contributed by atoms with E-state index in [1.807, 2.05) is 6.07 Å². The maximum absolute atomic E-state index is 12.0. The molecular weight excluding hydrogens is 362 g/mol. The number of rotatable bonds is 7. The number of hydrogen-bond acceptors (Lipinski definition) is 8. The minimum absolute atomic E-state index is 0.0505. The van der Waals surface area contributed by atoms with E-state index in [9.17, 15) is 4.79 Å². The number of aromatic nitrogens is 3. The van der Waals surface area contributed by atoms with E-state index in [4.69, 9.17) is 14.2 Å². The van der Waals surface area contributed by atoms with Gasteiger partial charge in [-0.1, -0.05) is 18.2 Å². The van der Waals surface area contributed by atoms with Crippen LogP contribution in [-0.4, -0.2) is 41.3 Å². The van der Waals surface area contributed by atoms with Crippen LogP contribution in [0.1, 0.15) is 16.1 Å². The molecule has 3 rings (SSSR count). The van der Waals surface area contributed by atoms with Crippen LogP contribution < -0.4 is 19.6 Å². The number of methoxy groups -OCH3 is 2.